The van der Waals surface area contributed by atoms with E-state index in [4.69, 9.17) is 4.74 Å². The molecule has 2 aromatic carbocycles. The third kappa shape index (κ3) is 2.91. The lowest BCUT2D eigenvalue weighted by atomic mass is 10.1. The number of fused-ring (bicyclic) bond motifs is 1. The van der Waals surface area contributed by atoms with E-state index in [0.29, 0.717) is 0 Å². The first-order valence-electron chi connectivity index (χ1n) is 7.34. The van der Waals surface area contributed by atoms with Crippen LogP contribution < -0.4 is 26.3 Å². The minimum atomic E-state index is 0. The van der Waals surface area contributed by atoms with Crippen molar-refractivity contribution in [3.8, 4) is 22.7 Å². The molecule has 0 N–H and O–H groups in total. The molecule has 3 nitrogen and oxygen atoms in total. The highest BCUT2D eigenvalue weighted by Crippen LogP contribution is 2.31. The molecule has 23 heavy (non-hydrogen) atoms. The Morgan fingerprint density at radius 2 is 1.78 bits per heavy atom. The molecule has 0 bridgehead atoms. The number of para-hydroxylation sites is 1. The van der Waals surface area contributed by atoms with Crippen LogP contribution in [0.5, 0.6) is 5.75 Å². The minimum absolute atomic E-state index is 0. The number of benzene rings is 2. The molecule has 0 saturated heterocycles. The largest absolute Gasteiger partial charge is 1.00 e. The zero-order valence-corrected chi connectivity index (χ0v) is 15.2. The van der Waals surface area contributed by atoms with E-state index in [0.717, 1.165) is 18.0 Å². The summed E-state index contributed by atoms with van der Waals surface area (Å²) in [6.07, 6.45) is 2.25. The SMILES string of the molecule is COc1ccc(-c2c[n+]3c(n2-c2ccccc2)SCC3)cc1.[Br-]. The molecule has 0 unspecified atom stereocenters. The van der Waals surface area contributed by atoms with Gasteiger partial charge in [0.1, 0.15) is 24.2 Å². The number of nitrogens with zero attached hydrogens (tertiary/aromatic N) is 2. The Hall–Kier alpha value is -1.72. The lowest BCUT2D eigenvalue weighted by molar-refractivity contribution is -0.723. The number of thioether (sulfide) groups is 1. The quantitative estimate of drug-likeness (QED) is 0.610. The maximum atomic E-state index is 5.27. The summed E-state index contributed by atoms with van der Waals surface area (Å²) in [5, 5.41) is 1.30. The first kappa shape index (κ1) is 16.1. The molecular weight excluding hydrogens is 372 g/mol. The molecule has 4 rings (SSSR count). The van der Waals surface area contributed by atoms with Gasteiger partial charge in [0.25, 0.3) is 0 Å². The van der Waals surface area contributed by atoms with Crippen LogP contribution in [-0.2, 0) is 6.54 Å². The summed E-state index contributed by atoms with van der Waals surface area (Å²) in [4.78, 5) is 0. The Kier molecular flexibility index (Phi) is 4.78. The van der Waals surface area contributed by atoms with Crippen molar-refractivity contribution in [2.75, 3.05) is 12.9 Å². The van der Waals surface area contributed by atoms with Crippen LogP contribution in [0, 0.1) is 0 Å². The first-order valence-corrected chi connectivity index (χ1v) is 8.33. The monoisotopic (exact) mass is 388 g/mol. The summed E-state index contributed by atoms with van der Waals surface area (Å²) in [7, 11) is 1.70. The molecule has 0 saturated carbocycles. The smallest absolute Gasteiger partial charge is 0.323 e. The first-order chi connectivity index (χ1) is 10.9. The second kappa shape index (κ2) is 6.81. The van der Waals surface area contributed by atoms with Gasteiger partial charge in [0.15, 0.2) is 5.69 Å². The zero-order valence-electron chi connectivity index (χ0n) is 12.8. The molecule has 0 radical (unpaired) electrons. The molecule has 2 heterocycles. The fraction of sp³-hybridized carbons (Fsp3) is 0.167. The predicted octanol–water partition coefficient (Wildman–Crippen LogP) is 0.550. The van der Waals surface area contributed by atoms with Crippen molar-refractivity contribution in [1.29, 1.82) is 0 Å². The van der Waals surface area contributed by atoms with Crippen molar-refractivity contribution in [3.05, 3.63) is 60.8 Å². The number of imidazole rings is 1. The van der Waals surface area contributed by atoms with Crippen LogP contribution in [-0.4, -0.2) is 17.4 Å². The van der Waals surface area contributed by atoms with Gasteiger partial charge in [-0.2, -0.15) is 4.57 Å². The molecule has 0 spiro atoms. The number of rotatable bonds is 3. The standard InChI is InChI=1S/C18H17N2OS.BrH/c1-21-16-9-7-14(8-10-16)17-13-19-11-12-22-18(19)20(17)15-5-3-2-4-6-15;/h2-10,13H,11-12H2,1H3;1H/q+1;/p-1. The van der Waals surface area contributed by atoms with E-state index in [-0.39, 0.29) is 17.0 Å². The Morgan fingerprint density at radius 1 is 1.04 bits per heavy atom. The predicted molar refractivity (Wildman–Crippen MR) is 88.7 cm³/mol. The minimum Gasteiger partial charge on any atom is -1.00 e. The highest BCUT2D eigenvalue weighted by molar-refractivity contribution is 7.99. The van der Waals surface area contributed by atoms with Crippen LogP contribution in [0.1, 0.15) is 0 Å². The van der Waals surface area contributed by atoms with E-state index >= 15 is 0 Å². The maximum Gasteiger partial charge on any atom is 0.323 e. The van der Waals surface area contributed by atoms with Gasteiger partial charge >= 0.3 is 5.16 Å². The zero-order chi connectivity index (χ0) is 14.9. The van der Waals surface area contributed by atoms with E-state index in [9.17, 15) is 0 Å². The van der Waals surface area contributed by atoms with Crippen molar-refractivity contribution < 1.29 is 26.3 Å². The third-order valence-corrected chi connectivity index (χ3v) is 4.98. The summed E-state index contributed by atoms with van der Waals surface area (Å²) in [5.41, 5.74) is 3.62. The van der Waals surface area contributed by atoms with E-state index in [1.54, 1.807) is 7.11 Å². The van der Waals surface area contributed by atoms with Crippen LogP contribution in [0.25, 0.3) is 16.9 Å². The van der Waals surface area contributed by atoms with Crippen LogP contribution in [0.15, 0.2) is 66.0 Å². The van der Waals surface area contributed by atoms with Crippen LogP contribution in [0.3, 0.4) is 0 Å². The lowest BCUT2D eigenvalue weighted by Crippen LogP contribution is -3.00. The van der Waals surface area contributed by atoms with Gasteiger partial charge in [-0.1, -0.05) is 18.2 Å². The van der Waals surface area contributed by atoms with Crippen LogP contribution in [0.4, 0.5) is 0 Å². The molecule has 118 valence electrons. The Bertz CT molecular complexity index is 800. The average Bonchev–Trinajstić information content (AvgIpc) is 3.16. The van der Waals surface area contributed by atoms with Crippen LogP contribution >= 0.6 is 11.8 Å². The summed E-state index contributed by atoms with van der Waals surface area (Å²) in [6.45, 7) is 1.07. The molecular formula is C18H17BrN2OS. The van der Waals surface area contributed by atoms with Crippen LogP contribution in [0.2, 0.25) is 0 Å². The van der Waals surface area contributed by atoms with Gasteiger partial charge < -0.3 is 21.7 Å². The highest BCUT2D eigenvalue weighted by Gasteiger charge is 2.30. The van der Waals surface area contributed by atoms with E-state index in [1.807, 2.05) is 23.9 Å². The Morgan fingerprint density at radius 3 is 2.48 bits per heavy atom. The van der Waals surface area contributed by atoms with E-state index in [1.165, 1.54) is 22.1 Å². The third-order valence-electron chi connectivity index (χ3n) is 3.92. The van der Waals surface area contributed by atoms with E-state index in [2.05, 4.69) is 57.8 Å². The fourth-order valence-corrected chi connectivity index (χ4v) is 3.94. The fourth-order valence-electron chi connectivity index (χ4n) is 2.83. The van der Waals surface area contributed by atoms with Gasteiger partial charge in [-0.3, -0.25) is 0 Å². The second-order valence-electron chi connectivity index (χ2n) is 5.24. The summed E-state index contributed by atoms with van der Waals surface area (Å²) in [6, 6.07) is 18.8. The molecule has 0 fully saturated rings. The van der Waals surface area contributed by atoms with Gasteiger partial charge in [0, 0.05) is 11.3 Å². The lowest BCUT2D eigenvalue weighted by Gasteiger charge is -2.05. The van der Waals surface area contributed by atoms with E-state index < -0.39 is 0 Å². The summed E-state index contributed by atoms with van der Waals surface area (Å²) >= 11 is 1.91. The number of hydrogen-bond acceptors (Lipinski definition) is 2. The summed E-state index contributed by atoms with van der Waals surface area (Å²) < 4.78 is 9.96. The topological polar surface area (TPSA) is 18.0 Å². The molecule has 1 aromatic heterocycles. The number of halogens is 1. The van der Waals surface area contributed by atoms with Gasteiger partial charge in [-0.15, -0.1) is 0 Å². The normalized spacial score (nSPS) is 12.6. The highest BCUT2D eigenvalue weighted by atomic mass is 79.9. The van der Waals surface area contributed by atoms with Gasteiger partial charge in [-0.05, 0) is 48.2 Å². The number of ether oxygens (including phenoxy) is 1. The van der Waals surface area contributed by atoms with Crippen molar-refractivity contribution in [2.24, 2.45) is 0 Å². The van der Waals surface area contributed by atoms with Crippen molar-refractivity contribution in [3.63, 3.8) is 0 Å². The average molecular weight is 389 g/mol. The Labute approximate surface area is 150 Å². The molecule has 5 heteroatoms. The van der Waals surface area contributed by atoms with Gasteiger partial charge in [0.05, 0.1) is 7.11 Å². The van der Waals surface area contributed by atoms with Crippen molar-refractivity contribution in [2.45, 2.75) is 11.7 Å². The number of methoxy groups -OCH3 is 1. The molecule has 0 amide bonds. The number of aromatic nitrogens is 2. The number of hydrogen-bond donors (Lipinski definition) is 0. The van der Waals surface area contributed by atoms with Crippen molar-refractivity contribution in [1.82, 2.24) is 4.57 Å². The van der Waals surface area contributed by atoms with Gasteiger partial charge in [-0.25, -0.2) is 4.57 Å². The molecule has 0 aliphatic carbocycles. The molecule has 0 atom stereocenters. The molecule has 3 aromatic rings. The van der Waals surface area contributed by atoms with Gasteiger partial charge in [0.2, 0.25) is 0 Å². The Balaban J connectivity index is 0.00000156. The number of aryl methyl sites for hydroxylation is 1. The molecule has 1 aliphatic heterocycles. The van der Waals surface area contributed by atoms with Crippen molar-refractivity contribution >= 4 is 11.8 Å². The molecule has 1 aliphatic rings. The second-order valence-corrected chi connectivity index (χ2v) is 6.30. The maximum absolute atomic E-state index is 5.27. The summed E-state index contributed by atoms with van der Waals surface area (Å²) in [5.74, 6) is 2.03.